The molecule has 0 aliphatic carbocycles. The van der Waals surface area contributed by atoms with Gasteiger partial charge in [0.15, 0.2) is 0 Å². The minimum absolute atomic E-state index is 0.472. The highest BCUT2D eigenvalue weighted by molar-refractivity contribution is 5.62. The standard InChI is InChI=1S/C12H12FN3/c13-12-2-1-10(8-16-12)9-4-6-15-11(7-9)3-5-14/h1-2,4,6-8H,3,5,14H2. The van der Waals surface area contributed by atoms with Crippen molar-refractivity contribution < 1.29 is 4.39 Å². The Morgan fingerprint density at radius 3 is 2.69 bits per heavy atom. The summed E-state index contributed by atoms with van der Waals surface area (Å²) in [4.78, 5) is 7.82. The summed E-state index contributed by atoms with van der Waals surface area (Å²) >= 11 is 0. The van der Waals surface area contributed by atoms with Gasteiger partial charge in [0.25, 0.3) is 0 Å². The van der Waals surface area contributed by atoms with Gasteiger partial charge < -0.3 is 5.73 Å². The molecule has 0 amide bonds. The molecule has 0 saturated heterocycles. The van der Waals surface area contributed by atoms with E-state index < -0.39 is 5.95 Å². The Morgan fingerprint density at radius 1 is 1.12 bits per heavy atom. The topological polar surface area (TPSA) is 51.8 Å². The van der Waals surface area contributed by atoms with Crippen molar-refractivity contribution in [1.29, 1.82) is 0 Å². The molecule has 4 heteroatoms. The molecule has 0 aliphatic heterocycles. The normalized spacial score (nSPS) is 10.4. The quantitative estimate of drug-likeness (QED) is 0.797. The Balaban J connectivity index is 2.32. The summed E-state index contributed by atoms with van der Waals surface area (Å²) in [7, 11) is 0. The number of nitrogens with zero attached hydrogens (tertiary/aromatic N) is 2. The highest BCUT2D eigenvalue weighted by Crippen LogP contribution is 2.18. The van der Waals surface area contributed by atoms with Crippen molar-refractivity contribution >= 4 is 0 Å². The van der Waals surface area contributed by atoms with Gasteiger partial charge in [-0.3, -0.25) is 4.98 Å². The molecule has 0 aromatic carbocycles. The fraction of sp³-hybridized carbons (Fsp3) is 0.167. The summed E-state index contributed by atoms with van der Waals surface area (Å²) < 4.78 is 12.7. The lowest BCUT2D eigenvalue weighted by Gasteiger charge is -2.03. The molecule has 2 N–H and O–H groups in total. The Labute approximate surface area is 93.2 Å². The number of pyridine rings is 2. The van der Waals surface area contributed by atoms with Gasteiger partial charge in [-0.15, -0.1) is 0 Å². The van der Waals surface area contributed by atoms with Gasteiger partial charge in [-0.25, -0.2) is 4.98 Å². The predicted molar refractivity (Wildman–Crippen MR) is 60.2 cm³/mol. The van der Waals surface area contributed by atoms with E-state index in [0.29, 0.717) is 6.54 Å². The van der Waals surface area contributed by atoms with E-state index in [0.717, 1.165) is 23.2 Å². The van der Waals surface area contributed by atoms with E-state index >= 15 is 0 Å². The SMILES string of the molecule is NCCc1cc(-c2ccc(F)nc2)ccn1. The zero-order valence-electron chi connectivity index (χ0n) is 8.73. The Hall–Kier alpha value is -1.81. The first-order valence-electron chi connectivity index (χ1n) is 5.06. The molecule has 2 rings (SSSR count). The first-order valence-corrected chi connectivity index (χ1v) is 5.06. The van der Waals surface area contributed by atoms with Crippen LogP contribution >= 0.6 is 0 Å². The molecule has 3 nitrogen and oxygen atoms in total. The predicted octanol–water partition coefficient (Wildman–Crippen LogP) is 1.78. The third-order valence-electron chi connectivity index (χ3n) is 2.28. The second-order valence-electron chi connectivity index (χ2n) is 3.44. The van der Waals surface area contributed by atoms with Crippen molar-refractivity contribution in [3.63, 3.8) is 0 Å². The van der Waals surface area contributed by atoms with Crippen molar-refractivity contribution in [3.05, 3.63) is 48.3 Å². The number of aromatic nitrogens is 2. The summed E-state index contributed by atoms with van der Waals surface area (Å²) in [5.41, 5.74) is 8.26. The van der Waals surface area contributed by atoms with Crippen LogP contribution in [0, 0.1) is 5.95 Å². The van der Waals surface area contributed by atoms with E-state index in [9.17, 15) is 4.39 Å². The van der Waals surface area contributed by atoms with Crippen LogP contribution in [-0.4, -0.2) is 16.5 Å². The third kappa shape index (κ3) is 2.41. The van der Waals surface area contributed by atoms with E-state index in [4.69, 9.17) is 5.73 Å². The van der Waals surface area contributed by atoms with Crippen LogP contribution in [0.25, 0.3) is 11.1 Å². The molecule has 2 aromatic rings. The summed E-state index contributed by atoms with van der Waals surface area (Å²) in [6, 6.07) is 6.86. The second kappa shape index (κ2) is 4.81. The summed E-state index contributed by atoms with van der Waals surface area (Å²) in [6.45, 7) is 0.568. The molecule has 0 radical (unpaired) electrons. The van der Waals surface area contributed by atoms with E-state index in [2.05, 4.69) is 9.97 Å². The van der Waals surface area contributed by atoms with Gasteiger partial charge >= 0.3 is 0 Å². The van der Waals surface area contributed by atoms with E-state index in [-0.39, 0.29) is 0 Å². The monoisotopic (exact) mass is 217 g/mol. The van der Waals surface area contributed by atoms with Crippen LogP contribution in [0.4, 0.5) is 4.39 Å². The van der Waals surface area contributed by atoms with Crippen LogP contribution < -0.4 is 5.73 Å². The number of halogens is 1. The van der Waals surface area contributed by atoms with Gasteiger partial charge in [-0.1, -0.05) is 0 Å². The van der Waals surface area contributed by atoms with Crippen molar-refractivity contribution in [2.45, 2.75) is 6.42 Å². The lowest BCUT2D eigenvalue weighted by molar-refractivity contribution is 0.584. The smallest absolute Gasteiger partial charge is 0.212 e. The lowest BCUT2D eigenvalue weighted by atomic mass is 10.1. The van der Waals surface area contributed by atoms with E-state index in [1.54, 1.807) is 12.3 Å². The minimum atomic E-state index is -0.472. The van der Waals surface area contributed by atoms with Crippen LogP contribution in [0.15, 0.2) is 36.7 Å². The van der Waals surface area contributed by atoms with Crippen LogP contribution in [0.2, 0.25) is 0 Å². The molecule has 0 atom stereocenters. The maximum atomic E-state index is 12.7. The van der Waals surface area contributed by atoms with Crippen LogP contribution in [0.5, 0.6) is 0 Å². The molecular weight excluding hydrogens is 205 g/mol. The Morgan fingerprint density at radius 2 is 2.00 bits per heavy atom. The second-order valence-corrected chi connectivity index (χ2v) is 3.44. The molecule has 2 aromatic heterocycles. The number of nitrogens with two attached hydrogens (primary N) is 1. The maximum absolute atomic E-state index is 12.7. The van der Waals surface area contributed by atoms with Gasteiger partial charge in [0.2, 0.25) is 5.95 Å². The highest BCUT2D eigenvalue weighted by Gasteiger charge is 2.01. The number of rotatable bonds is 3. The maximum Gasteiger partial charge on any atom is 0.212 e. The molecule has 16 heavy (non-hydrogen) atoms. The Kier molecular flexibility index (Phi) is 3.22. The first-order chi connectivity index (χ1) is 7.79. The number of hydrogen-bond acceptors (Lipinski definition) is 3. The van der Waals surface area contributed by atoms with Gasteiger partial charge in [0, 0.05) is 30.1 Å². The third-order valence-corrected chi connectivity index (χ3v) is 2.28. The molecule has 82 valence electrons. The van der Waals surface area contributed by atoms with Crippen molar-refractivity contribution in [2.24, 2.45) is 5.73 Å². The Bertz CT molecular complexity index is 468. The number of hydrogen-bond donors (Lipinski definition) is 1. The highest BCUT2D eigenvalue weighted by atomic mass is 19.1. The van der Waals surface area contributed by atoms with Crippen molar-refractivity contribution in [3.8, 4) is 11.1 Å². The first kappa shape index (κ1) is 10.7. The fourth-order valence-corrected chi connectivity index (χ4v) is 1.49. The average molecular weight is 217 g/mol. The van der Waals surface area contributed by atoms with Gasteiger partial charge in [0.1, 0.15) is 0 Å². The molecule has 0 fully saturated rings. The van der Waals surface area contributed by atoms with E-state index in [1.807, 2.05) is 12.1 Å². The molecule has 0 spiro atoms. The minimum Gasteiger partial charge on any atom is -0.330 e. The molecule has 2 heterocycles. The molecular formula is C12H12FN3. The van der Waals surface area contributed by atoms with Gasteiger partial charge in [0.05, 0.1) is 0 Å². The molecule has 0 aliphatic rings. The molecule has 0 saturated carbocycles. The van der Waals surface area contributed by atoms with Gasteiger partial charge in [-0.2, -0.15) is 4.39 Å². The zero-order chi connectivity index (χ0) is 11.4. The summed E-state index contributed by atoms with van der Waals surface area (Å²) in [5, 5.41) is 0. The fourth-order valence-electron chi connectivity index (χ4n) is 1.49. The van der Waals surface area contributed by atoms with Gasteiger partial charge in [-0.05, 0) is 36.4 Å². The van der Waals surface area contributed by atoms with Crippen molar-refractivity contribution in [2.75, 3.05) is 6.54 Å². The van der Waals surface area contributed by atoms with Crippen molar-refractivity contribution in [1.82, 2.24) is 9.97 Å². The van der Waals surface area contributed by atoms with Crippen LogP contribution in [0.1, 0.15) is 5.69 Å². The van der Waals surface area contributed by atoms with Crippen LogP contribution in [0.3, 0.4) is 0 Å². The summed E-state index contributed by atoms with van der Waals surface area (Å²) in [6.07, 6.45) is 3.98. The van der Waals surface area contributed by atoms with E-state index in [1.165, 1.54) is 12.3 Å². The molecule has 0 bridgehead atoms. The summed E-state index contributed by atoms with van der Waals surface area (Å²) in [5.74, 6) is -0.472. The van der Waals surface area contributed by atoms with Crippen LogP contribution in [-0.2, 0) is 6.42 Å². The largest absolute Gasteiger partial charge is 0.330 e. The molecule has 0 unspecified atom stereocenters. The average Bonchev–Trinajstić information content (AvgIpc) is 2.31. The lowest BCUT2D eigenvalue weighted by Crippen LogP contribution is -2.04. The zero-order valence-corrected chi connectivity index (χ0v) is 8.73.